The maximum Gasteiger partial charge on any atom is 0.155 e. The lowest BCUT2D eigenvalue weighted by Crippen LogP contribution is -3.10. The Hall–Kier alpha value is -3.94. The van der Waals surface area contributed by atoms with E-state index in [0.717, 1.165) is 6.04 Å². The molecule has 0 amide bonds. The molecule has 0 aromatic heterocycles. The van der Waals surface area contributed by atoms with Crippen LogP contribution in [0.2, 0.25) is 0 Å². The van der Waals surface area contributed by atoms with E-state index in [9.17, 15) is 17.6 Å². The summed E-state index contributed by atoms with van der Waals surface area (Å²) in [5, 5.41) is 0. The highest BCUT2D eigenvalue weighted by Crippen LogP contribution is 2.24. The largest absolute Gasteiger partial charge is 0.337 e. The fourth-order valence-corrected chi connectivity index (χ4v) is 6.30. The molecular weight excluding hydrogens is 637 g/mol. The van der Waals surface area contributed by atoms with Gasteiger partial charge in [0.05, 0.1) is 43.4 Å². The summed E-state index contributed by atoms with van der Waals surface area (Å²) < 4.78 is 180. The van der Waals surface area contributed by atoms with Crippen LogP contribution in [-0.2, 0) is 0 Å². The van der Waals surface area contributed by atoms with Crippen molar-refractivity contribution in [3.8, 4) is 0 Å². The van der Waals surface area contributed by atoms with E-state index in [1.54, 1.807) is 4.90 Å². The van der Waals surface area contributed by atoms with Crippen LogP contribution in [-0.4, -0.2) is 26.3 Å². The van der Waals surface area contributed by atoms with Crippen molar-refractivity contribution in [3.63, 3.8) is 0 Å². The highest BCUT2D eigenvalue weighted by atomic mass is 19.2. The Morgan fingerprint density at radius 1 is 0.413 bits per heavy atom. The molecule has 0 heterocycles. The van der Waals surface area contributed by atoms with Crippen molar-refractivity contribution in [1.82, 2.24) is 0 Å². The van der Waals surface area contributed by atoms with Gasteiger partial charge in [0.25, 0.3) is 0 Å². The molecule has 1 aliphatic carbocycles. The molecule has 0 radical (unpaired) electrons. The van der Waals surface area contributed by atoms with Crippen molar-refractivity contribution in [2.24, 2.45) is 0 Å². The summed E-state index contributed by atoms with van der Waals surface area (Å²) in [6, 6.07) is 1.61. The van der Waals surface area contributed by atoms with Crippen LogP contribution in [0.3, 0.4) is 0 Å². The molecule has 0 atom stereocenters. The maximum absolute atomic E-state index is 15.3. The lowest BCUT2D eigenvalue weighted by molar-refractivity contribution is -0.887. The smallest absolute Gasteiger partial charge is 0.155 e. The third kappa shape index (κ3) is 6.11. The van der Waals surface area contributed by atoms with Crippen LogP contribution in [0.25, 0.3) is 0 Å². The van der Waals surface area contributed by atoms with E-state index in [4.69, 9.17) is 0 Å². The van der Waals surface area contributed by atoms with Gasteiger partial charge in [0.15, 0.2) is 23.3 Å². The summed E-state index contributed by atoms with van der Waals surface area (Å²) >= 11 is 0. The topological polar surface area (TPSA) is 4.44 Å². The zero-order chi connectivity index (χ0) is 34.1. The average Bonchev–Trinajstić information content (AvgIpc) is 3.02. The van der Waals surface area contributed by atoms with Gasteiger partial charge in [0.2, 0.25) is 0 Å². The molecule has 1 N–H and O–H groups in total. The Bertz CT molecular complexity index is 1520. The van der Waals surface area contributed by atoms with Crippen LogP contribution in [0, 0.1) is 69.8 Å². The first-order chi connectivity index (χ1) is 21.7. The van der Waals surface area contributed by atoms with E-state index in [1.807, 2.05) is 0 Å². The van der Waals surface area contributed by atoms with Crippen LogP contribution in [0.5, 0.6) is 0 Å². The van der Waals surface area contributed by atoms with Gasteiger partial charge >= 0.3 is 0 Å². The molecule has 1 saturated carbocycles. The minimum absolute atomic E-state index is 0.0591. The molecule has 1 aliphatic rings. The third-order valence-corrected chi connectivity index (χ3v) is 8.47. The predicted molar refractivity (Wildman–Crippen MR) is 149 cm³/mol. The van der Waals surface area contributed by atoms with Gasteiger partial charge in [-0.2, -0.15) is 0 Å². The summed E-state index contributed by atoms with van der Waals surface area (Å²) in [6.45, 7) is 0. The second-order valence-electron chi connectivity index (χ2n) is 11.3. The lowest BCUT2D eigenvalue weighted by Gasteiger charge is -2.44. The summed E-state index contributed by atoms with van der Waals surface area (Å²) in [5.41, 5.74) is -8.57. The molecular formula is C32H26BF12N. The fraction of sp³-hybridized carbons (Fsp3) is 0.250. The van der Waals surface area contributed by atoms with E-state index in [2.05, 4.69) is 14.1 Å². The normalized spacial score (nSPS) is 14.0. The van der Waals surface area contributed by atoms with Crippen LogP contribution in [0.15, 0.2) is 48.5 Å². The molecule has 0 bridgehead atoms. The minimum atomic E-state index is -5.46. The molecule has 0 spiro atoms. The number of halogens is 12. The van der Waals surface area contributed by atoms with Crippen LogP contribution in [0.4, 0.5) is 52.7 Å². The first-order valence-corrected chi connectivity index (χ1v) is 14.2. The van der Waals surface area contributed by atoms with Crippen molar-refractivity contribution in [1.29, 1.82) is 0 Å². The van der Waals surface area contributed by atoms with Crippen molar-refractivity contribution in [2.75, 3.05) is 14.1 Å². The summed E-state index contributed by atoms with van der Waals surface area (Å²) in [6.07, 6.45) is 1.88. The number of benzene rings is 4. The van der Waals surface area contributed by atoms with Gasteiger partial charge in [-0.25, -0.2) is 52.7 Å². The first-order valence-electron chi connectivity index (χ1n) is 14.2. The van der Waals surface area contributed by atoms with Gasteiger partial charge in [0, 0.05) is 0 Å². The Kier molecular flexibility index (Phi) is 10.5. The van der Waals surface area contributed by atoms with Gasteiger partial charge in [-0.1, -0.05) is 6.42 Å². The highest BCUT2D eigenvalue weighted by Gasteiger charge is 2.48. The molecule has 1 nitrogen and oxygen atoms in total. The minimum Gasteiger partial charge on any atom is -0.337 e. The van der Waals surface area contributed by atoms with Crippen molar-refractivity contribution >= 4 is 28.0 Å². The molecule has 246 valence electrons. The molecule has 46 heavy (non-hydrogen) atoms. The number of nitrogens with one attached hydrogen (secondary N) is 1. The van der Waals surface area contributed by atoms with Crippen molar-refractivity contribution in [3.05, 3.63) is 118 Å². The summed E-state index contributed by atoms with van der Waals surface area (Å²) in [4.78, 5) is 1.65. The second kappa shape index (κ2) is 13.8. The van der Waals surface area contributed by atoms with E-state index < -0.39 is 97.8 Å². The monoisotopic (exact) mass is 663 g/mol. The lowest BCUT2D eigenvalue weighted by atomic mass is 9.12. The molecule has 0 saturated heterocycles. The summed E-state index contributed by atoms with van der Waals surface area (Å²) in [5.74, 6) is -26.6. The molecule has 0 aliphatic heterocycles. The van der Waals surface area contributed by atoms with Crippen LogP contribution in [0.1, 0.15) is 32.1 Å². The summed E-state index contributed by atoms with van der Waals surface area (Å²) in [7, 11) is 4.55. The van der Waals surface area contributed by atoms with E-state index in [1.165, 1.54) is 32.1 Å². The van der Waals surface area contributed by atoms with Gasteiger partial charge < -0.3 is 4.90 Å². The van der Waals surface area contributed by atoms with Gasteiger partial charge in [-0.05, 0) is 74.2 Å². The van der Waals surface area contributed by atoms with E-state index in [-0.39, 0.29) is 48.5 Å². The predicted octanol–water partition coefficient (Wildman–Crippen LogP) is 5.20. The first kappa shape index (κ1) is 34.9. The molecule has 4 aromatic rings. The molecule has 4 aromatic carbocycles. The molecule has 0 unspecified atom stereocenters. The van der Waals surface area contributed by atoms with Gasteiger partial charge in [0.1, 0.15) is 29.4 Å². The Morgan fingerprint density at radius 2 is 0.652 bits per heavy atom. The SMILES string of the molecule is C[NH+](C)C1CCCCC1.Fc1ccc(F)c([B-](c2c(F)ccc(F)c2F)(c2c(F)ccc(F)c2F)c2c(F)ccc(F)c2F)c1F. The Balaban J connectivity index is 0.000000459. The zero-order valence-electron chi connectivity index (χ0n) is 24.3. The van der Waals surface area contributed by atoms with Crippen LogP contribution < -0.4 is 26.8 Å². The average molecular weight is 663 g/mol. The quantitative estimate of drug-likeness (QED) is 0.170. The second-order valence-corrected chi connectivity index (χ2v) is 11.3. The number of quaternary nitrogens is 1. The van der Waals surface area contributed by atoms with Crippen molar-refractivity contribution < 1.29 is 57.6 Å². The zero-order valence-corrected chi connectivity index (χ0v) is 24.3. The standard InChI is InChI=1S/C24H8BF12.C8H17N/c26-9-1-5-13(30)21(34)17(9)25(18-10(27)2-6-14(31)22(18)35,19-11(28)3-7-15(32)23(19)36)20-12(29)4-8-16(33)24(20)37;1-9(2)8-6-4-3-5-7-8/h1-8H;8H,3-7H2,1-2H3/q-1;/p+1. The molecule has 1 fully saturated rings. The molecule has 14 heteroatoms. The number of rotatable bonds is 5. The third-order valence-electron chi connectivity index (χ3n) is 8.47. The van der Waals surface area contributed by atoms with Gasteiger partial charge in [-0.3, -0.25) is 0 Å². The van der Waals surface area contributed by atoms with Crippen molar-refractivity contribution in [2.45, 2.75) is 38.1 Å². The van der Waals surface area contributed by atoms with Crippen LogP contribution >= 0.6 is 0 Å². The number of hydrogen-bond acceptors (Lipinski definition) is 0. The fourth-order valence-electron chi connectivity index (χ4n) is 6.30. The Morgan fingerprint density at radius 3 is 0.870 bits per heavy atom. The Labute approximate surface area is 256 Å². The highest BCUT2D eigenvalue weighted by molar-refractivity contribution is 7.20. The van der Waals surface area contributed by atoms with Gasteiger partial charge in [-0.15, -0.1) is 21.9 Å². The van der Waals surface area contributed by atoms with E-state index >= 15 is 35.1 Å². The number of hydrogen-bond donors (Lipinski definition) is 1. The van der Waals surface area contributed by atoms with E-state index in [0.29, 0.717) is 0 Å². The maximum atomic E-state index is 15.3. The molecule has 5 rings (SSSR count).